The number of carbonyl (C=O) groups excluding carboxylic acids is 2. The summed E-state index contributed by atoms with van der Waals surface area (Å²) in [5.41, 5.74) is 1.55. The lowest BCUT2D eigenvalue weighted by Crippen LogP contribution is -2.32. The van der Waals surface area contributed by atoms with Crippen LogP contribution in [0.2, 0.25) is 0 Å². The van der Waals surface area contributed by atoms with Gasteiger partial charge >= 0.3 is 0 Å². The van der Waals surface area contributed by atoms with E-state index in [1.54, 1.807) is 55.6 Å². The molecule has 4 aromatic rings. The molecule has 0 radical (unpaired) electrons. The van der Waals surface area contributed by atoms with Gasteiger partial charge in [0.25, 0.3) is 0 Å². The van der Waals surface area contributed by atoms with Gasteiger partial charge in [0, 0.05) is 29.6 Å². The standard InChI is InChI=1S/C30H29BrN2O6S/c1-38-27-14-13-21(18-24(27)31)29(35)30-28(23-11-4-5-12-26(23)39-30)32-19-25(34)20-9-8-10-22(17-20)40(36,37)33-15-6-2-3-7-16-33/h4-5,8-14,17-18,32H,2-3,6-7,15-16,19H2,1H3. The molecule has 0 spiro atoms. The minimum atomic E-state index is -3.70. The van der Waals surface area contributed by atoms with E-state index in [1.807, 2.05) is 6.07 Å². The number of carbonyl (C=O) groups is 2. The van der Waals surface area contributed by atoms with Gasteiger partial charge in [-0.2, -0.15) is 4.31 Å². The fraction of sp³-hybridized carbons (Fsp3) is 0.267. The number of sulfonamides is 1. The van der Waals surface area contributed by atoms with Crippen LogP contribution in [0.1, 0.15) is 52.2 Å². The minimum Gasteiger partial charge on any atom is -0.496 e. The van der Waals surface area contributed by atoms with E-state index >= 15 is 0 Å². The number of hydrogen-bond donors (Lipinski definition) is 1. The normalized spacial score (nSPS) is 14.6. The van der Waals surface area contributed by atoms with Crippen molar-refractivity contribution in [2.75, 3.05) is 32.1 Å². The number of ether oxygens (including phenoxy) is 1. The number of nitrogens with zero attached hydrogens (tertiary/aromatic N) is 1. The van der Waals surface area contributed by atoms with Crippen LogP contribution in [0.5, 0.6) is 5.75 Å². The Morgan fingerprint density at radius 2 is 1.70 bits per heavy atom. The molecule has 1 fully saturated rings. The molecule has 10 heteroatoms. The van der Waals surface area contributed by atoms with Gasteiger partial charge < -0.3 is 14.5 Å². The number of rotatable bonds is 9. The predicted molar refractivity (Wildman–Crippen MR) is 157 cm³/mol. The summed E-state index contributed by atoms with van der Waals surface area (Å²) in [6, 6.07) is 18.3. The zero-order chi connectivity index (χ0) is 28.3. The molecule has 0 saturated carbocycles. The van der Waals surface area contributed by atoms with Crippen molar-refractivity contribution in [3.8, 4) is 5.75 Å². The van der Waals surface area contributed by atoms with Crippen molar-refractivity contribution in [3.63, 3.8) is 0 Å². The van der Waals surface area contributed by atoms with Gasteiger partial charge in [-0.25, -0.2) is 8.42 Å². The lowest BCUT2D eigenvalue weighted by atomic mass is 10.1. The van der Waals surface area contributed by atoms with Crippen molar-refractivity contribution in [3.05, 3.63) is 88.1 Å². The maximum absolute atomic E-state index is 13.5. The third-order valence-electron chi connectivity index (χ3n) is 7.00. The number of halogens is 1. The zero-order valence-corrected chi connectivity index (χ0v) is 24.4. The summed E-state index contributed by atoms with van der Waals surface area (Å²) in [6.07, 6.45) is 3.68. The Kier molecular flexibility index (Phi) is 8.39. The van der Waals surface area contributed by atoms with Crippen molar-refractivity contribution in [2.45, 2.75) is 30.6 Å². The first-order valence-electron chi connectivity index (χ1n) is 13.1. The SMILES string of the molecule is COc1ccc(C(=O)c2oc3ccccc3c2NCC(=O)c2cccc(S(=O)(=O)N3CCCCCC3)c2)cc1Br. The van der Waals surface area contributed by atoms with Gasteiger partial charge in [0.1, 0.15) is 11.3 Å². The van der Waals surface area contributed by atoms with Crippen LogP contribution in [0.25, 0.3) is 11.0 Å². The van der Waals surface area contributed by atoms with Gasteiger partial charge in [0.15, 0.2) is 11.5 Å². The van der Waals surface area contributed by atoms with E-state index in [-0.39, 0.29) is 34.3 Å². The van der Waals surface area contributed by atoms with Crippen molar-refractivity contribution in [2.24, 2.45) is 0 Å². The molecular weight excluding hydrogens is 596 g/mol. The van der Waals surface area contributed by atoms with Gasteiger partial charge in [-0.3, -0.25) is 9.59 Å². The zero-order valence-electron chi connectivity index (χ0n) is 22.0. The molecule has 0 unspecified atom stereocenters. The van der Waals surface area contributed by atoms with E-state index in [2.05, 4.69) is 21.2 Å². The van der Waals surface area contributed by atoms with E-state index in [0.29, 0.717) is 45.5 Å². The van der Waals surface area contributed by atoms with Crippen LogP contribution >= 0.6 is 15.9 Å². The summed E-state index contributed by atoms with van der Waals surface area (Å²) in [6.45, 7) is 0.803. The lowest BCUT2D eigenvalue weighted by Gasteiger charge is -2.20. The van der Waals surface area contributed by atoms with Gasteiger partial charge in [-0.15, -0.1) is 0 Å². The van der Waals surface area contributed by atoms with Gasteiger partial charge in [-0.1, -0.05) is 37.1 Å². The highest BCUT2D eigenvalue weighted by Crippen LogP contribution is 2.34. The number of methoxy groups -OCH3 is 1. The quantitative estimate of drug-likeness (QED) is 0.218. The first-order chi connectivity index (χ1) is 19.3. The number of nitrogens with one attached hydrogen (secondary N) is 1. The Hall–Kier alpha value is -3.47. The lowest BCUT2D eigenvalue weighted by molar-refractivity contribution is 0.0997. The third-order valence-corrected chi connectivity index (χ3v) is 9.51. The Morgan fingerprint density at radius 1 is 0.950 bits per heavy atom. The Bertz CT molecular complexity index is 1670. The summed E-state index contributed by atoms with van der Waals surface area (Å²) < 4.78 is 39.9. The van der Waals surface area contributed by atoms with Crippen molar-refractivity contribution in [1.29, 1.82) is 0 Å². The van der Waals surface area contributed by atoms with Crippen LogP contribution < -0.4 is 10.1 Å². The molecule has 8 nitrogen and oxygen atoms in total. The predicted octanol–water partition coefficient (Wildman–Crippen LogP) is 6.29. The molecule has 0 bridgehead atoms. The maximum atomic E-state index is 13.5. The number of Topliss-reactive ketones (excluding diaryl/α,β-unsaturated/α-hetero) is 1. The smallest absolute Gasteiger partial charge is 0.243 e. The molecule has 0 amide bonds. The van der Waals surface area contributed by atoms with Crippen LogP contribution in [-0.4, -0.2) is 51.0 Å². The van der Waals surface area contributed by atoms with Crippen LogP contribution in [0, 0.1) is 0 Å². The average molecular weight is 626 g/mol. The van der Waals surface area contributed by atoms with Crippen LogP contribution in [0.15, 0.2) is 80.5 Å². The molecule has 5 rings (SSSR count). The molecule has 1 aliphatic heterocycles. The first kappa shape index (κ1) is 28.1. The van der Waals surface area contributed by atoms with Crippen LogP contribution in [-0.2, 0) is 10.0 Å². The van der Waals surface area contributed by atoms with Gasteiger partial charge in [0.05, 0.1) is 28.7 Å². The number of fused-ring (bicyclic) bond motifs is 1. The van der Waals surface area contributed by atoms with Gasteiger partial charge in [-0.05, 0) is 71.2 Å². The van der Waals surface area contributed by atoms with E-state index in [0.717, 1.165) is 25.7 Å². The van der Waals surface area contributed by atoms with E-state index in [4.69, 9.17) is 9.15 Å². The number of anilines is 1. The average Bonchev–Trinajstić information content (AvgIpc) is 3.12. The second-order valence-electron chi connectivity index (χ2n) is 9.60. The monoisotopic (exact) mass is 624 g/mol. The second-order valence-corrected chi connectivity index (χ2v) is 12.4. The van der Waals surface area contributed by atoms with E-state index < -0.39 is 10.0 Å². The van der Waals surface area contributed by atoms with Crippen molar-refractivity contribution in [1.82, 2.24) is 4.31 Å². The molecule has 0 atom stereocenters. The second kappa shape index (κ2) is 12.0. The van der Waals surface area contributed by atoms with Crippen LogP contribution in [0.3, 0.4) is 0 Å². The largest absolute Gasteiger partial charge is 0.496 e. The highest BCUT2D eigenvalue weighted by Gasteiger charge is 2.27. The molecule has 1 N–H and O–H groups in total. The molecule has 40 heavy (non-hydrogen) atoms. The fourth-order valence-corrected chi connectivity index (χ4v) is 6.96. The molecular formula is C30H29BrN2O6S. The maximum Gasteiger partial charge on any atom is 0.243 e. The number of ketones is 2. The molecule has 3 aromatic carbocycles. The molecule has 208 valence electrons. The summed E-state index contributed by atoms with van der Waals surface area (Å²) in [7, 11) is -2.16. The summed E-state index contributed by atoms with van der Waals surface area (Å²) in [5.74, 6) is -0.0161. The first-order valence-corrected chi connectivity index (χ1v) is 15.3. The Balaban J connectivity index is 1.40. The molecule has 1 saturated heterocycles. The van der Waals surface area contributed by atoms with Gasteiger partial charge in [0.2, 0.25) is 15.8 Å². The summed E-state index contributed by atoms with van der Waals surface area (Å²) in [5, 5.41) is 3.75. The van der Waals surface area contributed by atoms with Crippen LogP contribution in [0.4, 0.5) is 5.69 Å². The molecule has 1 aromatic heterocycles. The topological polar surface area (TPSA) is 106 Å². The Labute approximate surface area is 241 Å². The molecule has 0 aliphatic carbocycles. The van der Waals surface area contributed by atoms with E-state index in [9.17, 15) is 18.0 Å². The summed E-state index contributed by atoms with van der Waals surface area (Å²) >= 11 is 3.41. The van der Waals surface area contributed by atoms with Crippen molar-refractivity contribution >= 4 is 54.2 Å². The summed E-state index contributed by atoms with van der Waals surface area (Å²) in [4.78, 5) is 26.8. The molecule has 2 heterocycles. The number of para-hydroxylation sites is 1. The third kappa shape index (κ3) is 5.70. The number of furan rings is 1. The highest BCUT2D eigenvalue weighted by molar-refractivity contribution is 9.10. The van der Waals surface area contributed by atoms with E-state index in [1.165, 1.54) is 16.4 Å². The Morgan fingerprint density at radius 3 is 2.42 bits per heavy atom. The fourth-order valence-electron chi connectivity index (χ4n) is 4.85. The minimum absolute atomic E-state index is 0.0727. The highest BCUT2D eigenvalue weighted by atomic mass is 79.9. The number of hydrogen-bond acceptors (Lipinski definition) is 7. The number of benzene rings is 3. The van der Waals surface area contributed by atoms with Crippen molar-refractivity contribution < 1.29 is 27.2 Å². The molecule has 1 aliphatic rings.